The Hall–Kier alpha value is -1.44. The van der Waals surface area contributed by atoms with Crippen molar-refractivity contribution in [1.82, 2.24) is 0 Å². The molecule has 0 spiro atoms. The molecule has 0 N–H and O–H groups in total. The van der Waals surface area contributed by atoms with Gasteiger partial charge in [-0.15, -0.1) is 0 Å². The van der Waals surface area contributed by atoms with Crippen LogP contribution in [0.1, 0.15) is 75.1 Å². The van der Waals surface area contributed by atoms with Gasteiger partial charge in [0.05, 0.1) is 0 Å². The normalized spacial score (nSPS) is 12.3. The lowest BCUT2D eigenvalue weighted by molar-refractivity contribution is 0.0825. The lowest BCUT2D eigenvalue weighted by atomic mass is 9.79. The van der Waals surface area contributed by atoms with E-state index in [-0.39, 0.29) is 17.0 Å². The third kappa shape index (κ3) is 3.78. The van der Waals surface area contributed by atoms with Crippen LogP contribution in [0, 0.1) is 10.8 Å². The van der Waals surface area contributed by atoms with Crippen LogP contribution < -0.4 is 0 Å². The van der Waals surface area contributed by atoms with Crippen LogP contribution in [-0.2, 0) is 0 Å². The molecule has 0 aliphatic carbocycles. The highest BCUT2D eigenvalue weighted by molar-refractivity contribution is 6.04. The van der Waals surface area contributed by atoms with Crippen LogP contribution in [0.25, 0.3) is 0 Å². The zero-order valence-electron chi connectivity index (χ0n) is 13.5. The Labute approximate surface area is 122 Å². The van der Waals surface area contributed by atoms with Crippen molar-refractivity contribution in [2.45, 2.75) is 54.4 Å². The van der Waals surface area contributed by atoms with Gasteiger partial charge in [-0.3, -0.25) is 9.59 Å². The molecule has 2 heteroatoms. The number of rotatable bonds is 5. The summed E-state index contributed by atoms with van der Waals surface area (Å²) in [5.74, 6) is 0.184. The van der Waals surface area contributed by atoms with E-state index in [1.165, 1.54) is 0 Å². The van der Waals surface area contributed by atoms with E-state index in [0.717, 1.165) is 12.8 Å². The molecule has 0 aliphatic rings. The maximum Gasteiger partial charge on any atom is 0.168 e. The Morgan fingerprint density at radius 1 is 0.950 bits per heavy atom. The molecular weight excluding hydrogens is 248 g/mol. The molecule has 0 saturated heterocycles. The quantitative estimate of drug-likeness (QED) is 0.714. The second-order valence-corrected chi connectivity index (χ2v) is 7.12. The van der Waals surface area contributed by atoms with Gasteiger partial charge in [0, 0.05) is 22.0 Å². The van der Waals surface area contributed by atoms with Crippen molar-refractivity contribution >= 4 is 11.6 Å². The molecule has 0 saturated carbocycles. The molecule has 0 heterocycles. The van der Waals surface area contributed by atoms with Gasteiger partial charge in [-0.25, -0.2) is 0 Å². The maximum atomic E-state index is 12.6. The standard InChI is InChI=1S/C18H26O2/c1-7-11-18(5,6)16(20)14-10-8-9-13(12-14)15(19)17(2,3)4/h8-10,12H,7,11H2,1-6H3. The van der Waals surface area contributed by atoms with Gasteiger partial charge in [-0.1, -0.05) is 66.2 Å². The summed E-state index contributed by atoms with van der Waals surface area (Å²) >= 11 is 0. The molecule has 0 radical (unpaired) electrons. The highest BCUT2D eigenvalue weighted by Gasteiger charge is 2.29. The average Bonchev–Trinajstić information content (AvgIpc) is 2.36. The third-order valence-corrected chi connectivity index (χ3v) is 3.56. The zero-order chi connectivity index (χ0) is 15.6. The van der Waals surface area contributed by atoms with Crippen LogP contribution in [0.5, 0.6) is 0 Å². The fraction of sp³-hybridized carbons (Fsp3) is 0.556. The lowest BCUT2D eigenvalue weighted by Gasteiger charge is -2.23. The summed E-state index contributed by atoms with van der Waals surface area (Å²) in [5.41, 5.74) is 0.452. The van der Waals surface area contributed by atoms with E-state index >= 15 is 0 Å². The van der Waals surface area contributed by atoms with Crippen LogP contribution in [0.4, 0.5) is 0 Å². The van der Waals surface area contributed by atoms with Gasteiger partial charge in [0.2, 0.25) is 0 Å². The van der Waals surface area contributed by atoms with Crippen molar-refractivity contribution < 1.29 is 9.59 Å². The molecular formula is C18H26O2. The summed E-state index contributed by atoms with van der Waals surface area (Å²) in [7, 11) is 0. The van der Waals surface area contributed by atoms with Crippen LogP contribution >= 0.6 is 0 Å². The molecule has 0 unspecified atom stereocenters. The number of hydrogen-bond donors (Lipinski definition) is 0. The minimum absolute atomic E-state index is 0.0699. The largest absolute Gasteiger partial charge is 0.294 e. The molecule has 1 aromatic rings. The van der Waals surface area contributed by atoms with Crippen LogP contribution in [-0.4, -0.2) is 11.6 Å². The second-order valence-electron chi connectivity index (χ2n) is 7.12. The van der Waals surface area contributed by atoms with Gasteiger partial charge in [0.15, 0.2) is 11.6 Å². The number of hydrogen-bond acceptors (Lipinski definition) is 2. The first-order valence-electron chi connectivity index (χ1n) is 7.29. The third-order valence-electron chi connectivity index (χ3n) is 3.56. The van der Waals surface area contributed by atoms with E-state index in [1.54, 1.807) is 24.3 Å². The predicted octanol–water partition coefficient (Wildman–Crippen LogP) is 4.92. The SMILES string of the molecule is CCCC(C)(C)C(=O)c1cccc(C(=O)C(C)(C)C)c1. The number of carbonyl (C=O) groups is 2. The van der Waals surface area contributed by atoms with Gasteiger partial charge < -0.3 is 0 Å². The Balaban J connectivity index is 3.11. The molecule has 20 heavy (non-hydrogen) atoms. The first-order valence-corrected chi connectivity index (χ1v) is 7.29. The molecule has 1 aromatic carbocycles. The minimum Gasteiger partial charge on any atom is -0.294 e. The number of benzene rings is 1. The van der Waals surface area contributed by atoms with Gasteiger partial charge in [-0.2, -0.15) is 0 Å². The average molecular weight is 274 g/mol. The number of Topliss-reactive ketones (excluding diaryl/α,β-unsaturated/α-hetero) is 2. The molecule has 0 aromatic heterocycles. The highest BCUT2D eigenvalue weighted by atomic mass is 16.1. The van der Waals surface area contributed by atoms with Gasteiger partial charge in [-0.05, 0) is 12.5 Å². The Morgan fingerprint density at radius 3 is 1.90 bits per heavy atom. The van der Waals surface area contributed by atoms with Gasteiger partial charge in [0.1, 0.15) is 0 Å². The van der Waals surface area contributed by atoms with Crippen molar-refractivity contribution in [2.24, 2.45) is 10.8 Å². The van der Waals surface area contributed by atoms with Crippen molar-refractivity contribution in [1.29, 1.82) is 0 Å². The number of ketones is 2. The molecule has 110 valence electrons. The van der Waals surface area contributed by atoms with E-state index < -0.39 is 5.41 Å². The monoisotopic (exact) mass is 274 g/mol. The van der Waals surface area contributed by atoms with Crippen molar-refractivity contribution in [3.05, 3.63) is 35.4 Å². The van der Waals surface area contributed by atoms with Crippen LogP contribution in [0.3, 0.4) is 0 Å². The summed E-state index contributed by atoms with van der Waals surface area (Å²) in [6, 6.07) is 7.14. The minimum atomic E-state index is -0.430. The lowest BCUT2D eigenvalue weighted by Crippen LogP contribution is -2.25. The van der Waals surface area contributed by atoms with Crippen molar-refractivity contribution in [2.75, 3.05) is 0 Å². The highest BCUT2D eigenvalue weighted by Crippen LogP contribution is 2.28. The topological polar surface area (TPSA) is 34.1 Å². The molecule has 0 fully saturated rings. The predicted molar refractivity (Wildman–Crippen MR) is 83.2 cm³/mol. The van der Waals surface area contributed by atoms with E-state index in [0.29, 0.717) is 11.1 Å². The van der Waals surface area contributed by atoms with Crippen LogP contribution in [0.2, 0.25) is 0 Å². The van der Waals surface area contributed by atoms with E-state index in [1.807, 2.05) is 34.6 Å². The fourth-order valence-corrected chi connectivity index (χ4v) is 2.36. The number of carbonyl (C=O) groups excluding carboxylic acids is 2. The van der Waals surface area contributed by atoms with E-state index in [9.17, 15) is 9.59 Å². The fourth-order valence-electron chi connectivity index (χ4n) is 2.36. The summed E-state index contributed by atoms with van der Waals surface area (Å²) in [5, 5.41) is 0. The maximum absolute atomic E-state index is 12.6. The van der Waals surface area contributed by atoms with E-state index in [2.05, 4.69) is 6.92 Å². The summed E-state index contributed by atoms with van der Waals surface area (Å²) in [6.45, 7) is 11.7. The summed E-state index contributed by atoms with van der Waals surface area (Å²) in [4.78, 5) is 24.9. The molecule has 0 amide bonds. The molecule has 0 atom stereocenters. The zero-order valence-corrected chi connectivity index (χ0v) is 13.5. The second kappa shape index (κ2) is 5.90. The first kappa shape index (κ1) is 16.6. The van der Waals surface area contributed by atoms with Gasteiger partial charge >= 0.3 is 0 Å². The van der Waals surface area contributed by atoms with Crippen LogP contribution in [0.15, 0.2) is 24.3 Å². The van der Waals surface area contributed by atoms with Crippen molar-refractivity contribution in [3.8, 4) is 0 Å². The Kier molecular flexibility index (Phi) is 4.90. The van der Waals surface area contributed by atoms with E-state index in [4.69, 9.17) is 0 Å². The van der Waals surface area contributed by atoms with Crippen molar-refractivity contribution in [3.63, 3.8) is 0 Å². The molecule has 0 aliphatic heterocycles. The smallest absolute Gasteiger partial charge is 0.168 e. The Morgan fingerprint density at radius 2 is 1.45 bits per heavy atom. The van der Waals surface area contributed by atoms with Gasteiger partial charge in [0.25, 0.3) is 0 Å². The summed E-state index contributed by atoms with van der Waals surface area (Å²) < 4.78 is 0. The molecule has 1 rings (SSSR count). The molecule has 2 nitrogen and oxygen atoms in total. The Bertz CT molecular complexity index is 504. The molecule has 0 bridgehead atoms. The summed E-state index contributed by atoms with van der Waals surface area (Å²) in [6.07, 6.45) is 1.82. The first-order chi connectivity index (χ1) is 9.09.